The van der Waals surface area contributed by atoms with Crippen LogP contribution in [0.4, 0.5) is 9.59 Å². The molecule has 1 heterocycles. The Hall–Kier alpha value is -1.76. The molecule has 0 fully saturated rings. The summed E-state index contributed by atoms with van der Waals surface area (Å²) in [7, 11) is 0. The lowest BCUT2D eigenvalue weighted by Gasteiger charge is -2.36. The van der Waals surface area contributed by atoms with E-state index in [9.17, 15) is 19.8 Å². The van der Waals surface area contributed by atoms with Gasteiger partial charge in [-0.05, 0) is 34.1 Å². The predicted molar refractivity (Wildman–Crippen MR) is 77.1 cm³/mol. The van der Waals surface area contributed by atoms with Gasteiger partial charge < -0.3 is 20.3 Å². The fourth-order valence-corrected chi connectivity index (χ4v) is 2.14. The predicted octanol–water partition coefficient (Wildman–Crippen LogP) is 1.57. The van der Waals surface area contributed by atoms with Gasteiger partial charge in [0, 0.05) is 0 Å². The highest BCUT2D eigenvalue weighted by Gasteiger charge is 2.38. The van der Waals surface area contributed by atoms with Gasteiger partial charge in [-0.1, -0.05) is 12.2 Å². The molecule has 1 rings (SSSR count). The Morgan fingerprint density at radius 2 is 2.10 bits per heavy atom. The first-order valence-electron chi connectivity index (χ1n) is 6.87. The van der Waals surface area contributed by atoms with E-state index in [1.165, 1.54) is 4.90 Å². The van der Waals surface area contributed by atoms with Crippen molar-refractivity contribution < 1.29 is 24.5 Å². The van der Waals surface area contributed by atoms with Crippen LogP contribution >= 0.6 is 0 Å². The van der Waals surface area contributed by atoms with Crippen LogP contribution < -0.4 is 5.32 Å². The first-order valence-corrected chi connectivity index (χ1v) is 6.87. The highest BCUT2D eigenvalue weighted by molar-refractivity contribution is 5.70. The standard InChI is InChI=1S/C14H24N2O5/c1-10-6-5-7-14(9-17,8-16(10)12(19)20)15-11(18)21-13(2,3)4/h5-6,10,17H,7-9H2,1-4H3,(H,15,18)(H,19,20)/t10-,14-/m0/s1. The number of carbonyl (C=O) groups is 2. The number of rotatable bonds is 2. The molecule has 3 N–H and O–H groups in total. The van der Waals surface area contributed by atoms with Crippen molar-refractivity contribution in [3.63, 3.8) is 0 Å². The molecule has 7 heteroatoms. The van der Waals surface area contributed by atoms with Gasteiger partial charge in [-0.25, -0.2) is 9.59 Å². The molecule has 0 aromatic heterocycles. The average Bonchev–Trinajstić information content (AvgIpc) is 2.47. The molecule has 0 saturated carbocycles. The van der Waals surface area contributed by atoms with Crippen molar-refractivity contribution in [3.05, 3.63) is 12.2 Å². The summed E-state index contributed by atoms with van der Waals surface area (Å²) in [5, 5.41) is 21.5. The van der Waals surface area contributed by atoms with E-state index in [4.69, 9.17) is 4.74 Å². The number of aliphatic hydroxyl groups is 1. The summed E-state index contributed by atoms with van der Waals surface area (Å²) in [6, 6.07) is -0.323. The Morgan fingerprint density at radius 3 is 2.57 bits per heavy atom. The topological polar surface area (TPSA) is 99.1 Å². The van der Waals surface area contributed by atoms with Crippen LogP contribution in [-0.4, -0.2) is 57.6 Å². The van der Waals surface area contributed by atoms with Crippen molar-refractivity contribution in [2.24, 2.45) is 0 Å². The molecule has 1 aliphatic rings. The third-order valence-electron chi connectivity index (χ3n) is 3.20. The quantitative estimate of drug-likeness (QED) is 0.672. The fraction of sp³-hybridized carbons (Fsp3) is 0.714. The second kappa shape index (κ2) is 6.34. The SMILES string of the molecule is C[C@H]1C=CC[C@](CO)(NC(=O)OC(C)(C)C)CN1C(=O)O. The number of amides is 2. The van der Waals surface area contributed by atoms with Gasteiger partial charge in [0.2, 0.25) is 0 Å². The van der Waals surface area contributed by atoms with Gasteiger partial charge in [0.25, 0.3) is 0 Å². The number of nitrogens with zero attached hydrogens (tertiary/aromatic N) is 1. The lowest BCUT2D eigenvalue weighted by molar-refractivity contribution is 0.0337. The fourth-order valence-electron chi connectivity index (χ4n) is 2.14. The van der Waals surface area contributed by atoms with Crippen molar-refractivity contribution in [1.82, 2.24) is 10.2 Å². The molecule has 0 aromatic rings. The highest BCUT2D eigenvalue weighted by Crippen LogP contribution is 2.21. The first kappa shape index (κ1) is 17.3. The number of hydrogen-bond acceptors (Lipinski definition) is 4. The van der Waals surface area contributed by atoms with Crippen molar-refractivity contribution in [1.29, 1.82) is 0 Å². The van der Waals surface area contributed by atoms with E-state index in [0.29, 0.717) is 6.42 Å². The van der Waals surface area contributed by atoms with Gasteiger partial charge in [0.1, 0.15) is 5.60 Å². The van der Waals surface area contributed by atoms with Gasteiger partial charge in [-0.15, -0.1) is 0 Å². The molecule has 1 aliphatic heterocycles. The summed E-state index contributed by atoms with van der Waals surface area (Å²) in [6.45, 7) is 6.55. The van der Waals surface area contributed by atoms with Crippen LogP contribution in [0, 0.1) is 0 Å². The van der Waals surface area contributed by atoms with Gasteiger partial charge in [-0.3, -0.25) is 4.90 Å². The number of carboxylic acid groups (broad SMARTS) is 1. The molecule has 0 aliphatic carbocycles. The molecule has 0 radical (unpaired) electrons. The van der Waals surface area contributed by atoms with Crippen LogP contribution in [0.5, 0.6) is 0 Å². The van der Waals surface area contributed by atoms with E-state index in [0.717, 1.165) is 0 Å². The number of carbonyl (C=O) groups excluding carboxylic acids is 1. The zero-order valence-corrected chi connectivity index (χ0v) is 12.9. The van der Waals surface area contributed by atoms with Gasteiger partial charge in [0.05, 0.1) is 24.7 Å². The molecular formula is C14H24N2O5. The normalized spacial score (nSPS) is 26.1. The van der Waals surface area contributed by atoms with Crippen LogP contribution in [0.1, 0.15) is 34.1 Å². The van der Waals surface area contributed by atoms with Crippen LogP contribution in [0.15, 0.2) is 12.2 Å². The monoisotopic (exact) mass is 300 g/mol. The van der Waals surface area contributed by atoms with Gasteiger partial charge >= 0.3 is 12.2 Å². The molecule has 2 atom stereocenters. The summed E-state index contributed by atoms with van der Waals surface area (Å²) in [4.78, 5) is 24.4. The lowest BCUT2D eigenvalue weighted by Crippen LogP contribution is -2.59. The number of hydrogen-bond donors (Lipinski definition) is 3. The Balaban J connectivity index is 2.90. The molecular weight excluding hydrogens is 276 g/mol. The molecule has 120 valence electrons. The van der Waals surface area contributed by atoms with E-state index in [1.807, 2.05) is 0 Å². The Morgan fingerprint density at radius 1 is 1.48 bits per heavy atom. The number of aliphatic hydroxyl groups excluding tert-OH is 1. The zero-order chi connectivity index (χ0) is 16.3. The van der Waals surface area contributed by atoms with Crippen LogP contribution in [0.2, 0.25) is 0 Å². The second-order valence-electron chi connectivity index (χ2n) is 6.35. The number of ether oxygens (including phenoxy) is 1. The minimum atomic E-state index is -1.10. The molecule has 7 nitrogen and oxygen atoms in total. The van der Waals surface area contributed by atoms with Crippen molar-refractivity contribution in [3.8, 4) is 0 Å². The Kier molecular flexibility index (Phi) is 5.22. The minimum Gasteiger partial charge on any atom is -0.465 e. The van der Waals surface area contributed by atoms with E-state index in [1.54, 1.807) is 39.8 Å². The smallest absolute Gasteiger partial charge is 0.408 e. The van der Waals surface area contributed by atoms with Crippen LogP contribution in [0.3, 0.4) is 0 Å². The van der Waals surface area contributed by atoms with Crippen molar-refractivity contribution >= 4 is 12.2 Å². The number of nitrogens with one attached hydrogen (secondary N) is 1. The Bertz CT molecular complexity index is 430. The third kappa shape index (κ3) is 4.93. The Labute approximate surface area is 124 Å². The summed E-state index contributed by atoms with van der Waals surface area (Å²) in [5.41, 5.74) is -1.75. The third-order valence-corrected chi connectivity index (χ3v) is 3.20. The molecule has 0 saturated heterocycles. The maximum Gasteiger partial charge on any atom is 0.408 e. The summed E-state index contributed by atoms with van der Waals surface area (Å²) >= 11 is 0. The van der Waals surface area contributed by atoms with Crippen molar-refractivity contribution in [2.75, 3.05) is 13.2 Å². The van der Waals surface area contributed by atoms with E-state index >= 15 is 0 Å². The maximum absolute atomic E-state index is 11.9. The summed E-state index contributed by atoms with van der Waals surface area (Å²) in [5.74, 6) is 0. The molecule has 0 unspecified atom stereocenters. The highest BCUT2D eigenvalue weighted by atomic mass is 16.6. The molecule has 0 aromatic carbocycles. The maximum atomic E-state index is 11.9. The zero-order valence-electron chi connectivity index (χ0n) is 12.9. The molecule has 21 heavy (non-hydrogen) atoms. The summed E-state index contributed by atoms with van der Waals surface area (Å²) in [6.07, 6.45) is 2.06. The van der Waals surface area contributed by atoms with E-state index in [-0.39, 0.29) is 19.2 Å². The van der Waals surface area contributed by atoms with Gasteiger partial charge in [-0.2, -0.15) is 0 Å². The first-order chi connectivity index (χ1) is 9.58. The summed E-state index contributed by atoms with van der Waals surface area (Å²) < 4.78 is 5.18. The van der Waals surface area contributed by atoms with E-state index < -0.39 is 23.3 Å². The molecule has 0 bridgehead atoms. The largest absolute Gasteiger partial charge is 0.465 e. The van der Waals surface area contributed by atoms with Crippen LogP contribution in [0.25, 0.3) is 0 Å². The average molecular weight is 300 g/mol. The van der Waals surface area contributed by atoms with E-state index in [2.05, 4.69) is 5.32 Å². The lowest BCUT2D eigenvalue weighted by atomic mass is 9.96. The van der Waals surface area contributed by atoms with Crippen molar-refractivity contribution in [2.45, 2.75) is 51.3 Å². The number of alkyl carbamates (subject to hydrolysis) is 1. The second-order valence-corrected chi connectivity index (χ2v) is 6.35. The molecule has 0 spiro atoms. The minimum absolute atomic E-state index is 0.00770. The molecule has 2 amide bonds. The van der Waals surface area contributed by atoms with Crippen LogP contribution in [-0.2, 0) is 4.74 Å². The van der Waals surface area contributed by atoms with Gasteiger partial charge in [0.15, 0.2) is 0 Å².